The Morgan fingerprint density at radius 3 is 1.19 bits per heavy atom. The number of hydrogen-bond acceptors (Lipinski definition) is 10. The lowest BCUT2D eigenvalue weighted by atomic mass is 9.99. The first kappa shape index (κ1) is 83.6. The fraction of sp³-hybridized carbons (Fsp3) is 0.870. The topological polar surface area (TPSA) is 175 Å². The summed E-state index contributed by atoms with van der Waals surface area (Å²) in [5.74, 6) is -0.178. The molecule has 1 aliphatic heterocycles. The zero-order chi connectivity index (χ0) is 63.7. The second-order valence-electron chi connectivity index (χ2n) is 26.3. The Morgan fingerprint density at radius 2 is 0.773 bits per heavy atom. The molecular weight excluding hydrogens is 1100 g/mol. The standard InChI is InChI=1S/C77H143NO10/c1-3-5-7-9-11-13-14-15-42-45-49-53-57-61-65-73(82)86-66-62-58-54-50-46-43-40-38-36-34-32-30-28-26-24-22-20-18-16-17-19-21-23-25-27-29-31-33-35-37-39-41-44-48-52-56-60-64-72(81)78-69(70(80)63-59-55-51-47-12-10-8-6-4-2)68-87-77-76(85)75(84)74(83)71(67-79)88-77/h9,11,14-16,18,59,63,69-71,74-77,79-80,83-85H,3-8,10,12-13,17,19-58,60-62,64-68H2,1-2H3,(H,78,81)/b11-9-,15-14-,18-16-,63-59+. The molecule has 1 fully saturated rings. The molecule has 0 saturated carbocycles. The van der Waals surface area contributed by atoms with E-state index in [1.807, 2.05) is 6.08 Å². The number of aliphatic hydroxyl groups is 5. The summed E-state index contributed by atoms with van der Waals surface area (Å²) < 4.78 is 16.7. The first-order chi connectivity index (χ1) is 43.2. The van der Waals surface area contributed by atoms with Crippen LogP contribution < -0.4 is 5.32 Å². The molecule has 11 nitrogen and oxygen atoms in total. The van der Waals surface area contributed by atoms with Crippen molar-refractivity contribution < 1.29 is 49.3 Å². The monoisotopic (exact) mass is 1240 g/mol. The number of hydrogen-bond donors (Lipinski definition) is 6. The zero-order valence-electron chi connectivity index (χ0n) is 57.4. The van der Waals surface area contributed by atoms with Gasteiger partial charge in [0.05, 0.1) is 32.0 Å². The van der Waals surface area contributed by atoms with Crippen LogP contribution in [0, 0.1) is 0 Å². The van der Waals surface area contributed by atoms with E-state index in [1.54, 1.807) is 6.08 Å². The van der Waals surface area contributed by atoms with Crippen LogP contribution in [0.15, 0.2) is 48.6 Å². The van der Waals surface area contributed by atoms with Crippen LogP contribution in [-0.4, -0.2) is 100 Å². The molecule has 7 atom stereocenters. The Hall–Kier alpha value is -2.38. The highest BCUT2D eigenvalue weighted by molar-refractivity contribution is 5.76. The number of ether oxygens (including phenoxy) is 3. The van der Waals surface area contributed by atoms with Crippen LogP contribution in [0.2, 0.25) is 0 Å². The largest absolute Gasteiger partial charge is 0.466 e. The summed E-state index contributed by atoms with van der Waals surface area (Å²) in [4.78, 5) is 25.1. The maximum absolute atomic E-state index is 13.0. The van der Waals surface area contributed by atoms with Crippen molar-refractivity contribution in [2.75, 3.05) is 19.8 Å². The van der Waals surface area contributed by atoms with Gasteiger partial charge in [-0.3, -0.25) is 9.59 Å². The van der Waals surface area contributed by atoms with E-state index in [0.29, 0.717) is 19.4 Å². The van der Waals surface area contributed by atoms with Gasteiger partial charge in [-0.05, 0) is 83.5 Å². The minimum atomic E-state index is -1.57. The molecule has 6 N–H and O–H groups in total. The van der Waals surface area contributed by atoms with Crippen molar-refractivity contribution in [2.45, 2.75) is 410 Å². The Balaban J connectivity index is 1.87. The van der Waals surface area contributed by atoms with E-state index < -0.39 is 49.5 Å². The van der Waals surface area contributed by atoms with E-state index in [-0.39, 0.29) is 18.5 Å². The van der Waals surface area contributed by atoms with Gasteiger partial charge in [-0.15, -0.1) is 0 Å². The van der Waals surface area contributed by atoms with Gasteiger partial charge < -0.3 is 45.1 Å². The summed E-state index contributed by atoms with van der Waals surface area (Å²) in [5.41, 5.74) is 0. The quantitative estimate of drug-likeness (QED) is 0.0195. The lowest BCUT2D eigenvalue weighted by Crippen LogP contribution is -2.60. The van der Waals surface area contributed by atoms with Crippen LogP contribution in [-0.2, 0) is 23.8 Å². The molecule has 1 saturated heterocycles. The number of unbranched alkanes of at least 4 members (excludes halogenated alkanes) is 47. The summed E-state index contributed by atoms with van der Waals surface area (Å²) in [6.45, 7) is 4.30. The maximum atomic E-state index is 13.0. The minimum Gasteiger partial charge on any atom is -0.466 e. The molecule has 0 aromatic rings. The van der Waals surface area contributed by atoms with Gasteiger partial charge >= 0.3 is 5.97 Å². The molecule has 1 aliphatic rings. The van der Waals surface area contributed by atoms with Crippen molar-refractivity contribution in [3.63, 3.8) is 0 Å². The fourth-order valence-electron chi connectivity index (χ4n) is 11.9. The number of rotatable bonds is 67. The van der Waals surface area contributed by atoms with Gasteiger partial charge in [0, 0.05) is 12.8 Å². The average Bonchev–Trinajstić information content (AvgIpc) is 3.63. The molecule has 0 spiro atoms. The second kappa shape index (κ2) is 66.1. The van der Waals surface area contributed by atoms with E-state index in [4.69, 9.17) is 14.2 Å². The smallest absolute Gasteiger partial charge is 0.305 e. The third kappa shape index (κ3) is 54.2. The highest BCUT2D eigenvalue weighted by atomic mass is 16.7. The van der Waals surface area contributed by atoms with E-state index in [2.05, 4.69) is 55.6 Å². The van der Waals surface area contributed by atoms with Crippen LogP contribution >= 0.6 is 0 Å². The molecule has 11 heteroatoms. The van der Waals surface area contributed by atoms with E-state index in [0.717, 1.165) is 64.2 Å². The number of carbonyl (C=O) groups is 2. The zero-order valence-corrected chi connectivity index (χ0v) is 57.4. The number of amides is 1. The SMILES string of the molecule is CCCC/C=C\C/C=C\CCCCCCCC(=O)OCCCCCCCCCCCCCCCCCC/C=C\CCCCCCCCCCCCCCCCCCCC(=O)NC(COC1OC(CO)C(O)C(O)C1O)C(O)/C=C/CCCCCCCCC. The predicted octanol–water partition coefficient (Wildman–Crippen LogP) is 19.9. The molecule has 7 unspecified atom stereocenters. The van der Waals surface area contributed by atoms with Crippen molar-refractivity contribution >= 4 is 11.9 Å². The van der Waals surface area contributed by atoms with Crippen molar-refractivity contribution in [3.05, 3.63) is 48.6 Å². The lowest BCUT2D eigenvalue weighted by molar-refractivity contribution is -0.302. The lowest BCUT2D eigenvalue weighted by Gasteiger charge is -2.40. The molecule has 0 aliphatic carbocycles. The number of allylic oxidation sites excluding steroid dienone is 7. The van der Waals surface area contributed by atoms with Gasteiger partial charge in [-0.2, -0.15) is 0 Å². The Kier molecular flexibility index (Phi) is 62.8. The van der Waals surface area contributed by atoms with Crippen molar-refractivity contribution in [1.82, 2.24) is 5.32 Å². The summed E-state index contributed by atoms with van der Waals surface area (Å²) in [6.07, 6.45) is 77.2. The molecule has 88 heavy (non-hydrogen) atoms. The molecule has 0 bridgehead atoms. The Morgan fingerprint density at radius 1 is 0.420 bits per heavy atom. The summed E-state index contributed by atoms with van der Waals surface area (Å²) >= 11 is 0. The van der Waals surface area contributed by atoms with Gasteiger partial charge in [0.25, 0.3) is 0 Å². The average molecular weight is 1240 g/mol. The number of nitrogens with one attached hydrogen (secondary N) is 1. The number of esters is 1. The fourth-order valence-corrected chi connectivity index (χ4v) is 11.9. The predicted molar refractivity (Wildman–Crippen MR) is 370 cm³/mol. The van der Waals surface area contributed by atoms with Gasteiger partial charge in [0.2, 0.25) is 5.91 Å². The Bertz CT molecular complexity index is 1600. The summed E-state index contributed by atoms with van der Waals surface area (Å²) in [7, 11) is 0. The molecule has 516 valence electrons. The Labute approximate surface area is 542 Å². The highest BCUT2D eigenvalue weighted by Crippen LogP contribution is 2.23. The van der Waals surface area contributed by atoms with Gasteiger partial charge in [0.15, 0.2) is 6.29 Å². The summed E-state index contributed by atoms with van der Waals surface area (Å²) in [5, 5.41) is 54.3. The number of aliphatic hydroxyl groups excluding tert-OH is 5. The van der Waals surface area contributed by atoms with E-state index in [1.165, 1.54) is 276 Å². The number of carbonyl (C=O) groups excluding carboxylic acids is 2. The van der Waals surface area contributed by atoms with E-state index >= 15 is 0 Å². The molecular formula is C77H143NO10. The molecule has 1 rings (SSSR count). The first-order valence-corrected chi connectivity index (χ1v) is 37.9. The molecule has 0 radical (unpaired) electrons. The second-order valence-corrected chi connectivity index (χ2v) is 26.3. The van der Waals surface area contributed by atoms with Crippen LogP contribution in [0.5, 0.6) is 0 Å². The van der Waals surface area contributed by atoms with Crippen LogP contribution in [0.1, 0.15) is 367 Å². The highest BCUT2D eigenvalue weighted by Gasteiger charge is 2.44. The minimum absolute atomic E-state index is 0.000642. The van der Waals surface area contributed by atoms with E-state index in [9.17, 15) is 35.1 Å². The van der Waals surface area contributed by atoms with Crippen molar-refractivity contribution in [2.24, 2.45) is 0 Å². The first-order valence-electron chi connectivity index (χ1n) is 37.9. The molecule has 0 aromatic carbocycles. The van der Waals surface area contributed by atoms with Gasteiger partial charge in [0.1, 0.15) is 24.4 Å². The third-order valence-corrected chi connectivity index (χ3v) is 17.9. The summed E-state index contributed by atoms with van der Waals surface area (Å²) in [6, 6.07) is -0.806. The van der Waals surface area contributed by atoms with Crippen molar-refractivity contribution in [3.8, 4) is 0 Å². The van der Waals surface area contributed by atoms with Gasteiger partial charge in [-0.25, -0.2) is 0 Å². The molecule has 1 heterocycles. The van der Waals surface area contributed by atoms with Crippen LogP contribution in [0.25, 0.3) is 0 Å². The van der Waals surface area contributed by atoms with Gasteiger partial charge in [-0.1, -0.05) is 319 Å². The normalized spacial score (nSPS) is 18.0. The molecule has 0 aromatic heterocycles. The van der Waals surface area contributed by atoms with Crippen LogP contribution in [0.3, 0.4) is 0 Å². The third-order valence-electron chi connectivity index (χ3n) is 17.9. The maximum Gasteiger partial charge on any atom is 0.305 e. The van der Waals surface area contributed by atoms with Crippen molar-refractivity contribution in [1.29, 1.82) is 0 Å². The molecule has 1 amide bonds. The van der Waals surface area contributed by atoms with Crippen LogP contribution in [0.4, 0.5) is 0 Å².